The lowest BCUT2D eigenvalue weighted by atomic mass is 10.1. The zero-order chi connectivity index (χ0) is 16.9. The molecular formula is C18H23NO3S. The van der Waals surface area contributed by atoms with Crippen molar-refractivity contribution in [3.63, 3.8) is 0 Å². The highest BCUT2D eigenvalue weighted by molar-refractivity contribution is 7.92. The molecule has 0 fully saturated rings. The Morgan fingerprint density at radius 1 is 1.00 bits per heavy atom. The average Bonchev–Trinajstić information content (AvgIpc) is 2.51. The van der Waals surface area contributed by atoms with E-state index in [9.17, 15) is 8.42 Å². The van der Waals surface area contributed by atoms with Crippen LogP contribution in [-0.4, -0.2) is 15.0 Å². The smallest absolute Gasteiger partial charge is 0.261 e. The Balaban J connectivity index is 2.11. The lowest BCUT2D eigenvalue weighted by molar-refractivity contribution is 0.309. The van der Waals surface area contributed by atoms with Crippen molar-refractivity contribution in [1.29, 1.82) is 0 Å². The molecule has 2 rings (SSSR count). The molecule has 0 aliphatic rings. The summed E-state index contributed by atoms with van der Waals surface area (Å²) in [5.74, 6) is 0.684. The Kier molecular flexibility index (Phi) is 5.66. The number of sulfonamides is 1. The van der Waals surface area contributed by atoms with Gasteiger partial charge in [0.2, 0.25) is 0 Å². The van der Waals surface area contributed by atoms with Crippen molar-refractivity contribution in [3.05, 3.63) is 53.6 Å². The highest BCUT2D eigenvalue weighted by Gasteiger charge is 2.14. The van der Waals surface area contributed by atoms with Gasteiger partial charge in [0, 0.05) is 5.69 Å². The molecule has 0 atom stereocenters. The first-order chi connectivity index (χ1) is 10.9. The Morgan fingerprint density at radius 2 is 1.70 bits per heavy atom. The zero-order valence-electron chi connectivity index (χ0n) is 13.8. The highest BCUT2D eigenvalue weighted by Crippen LogP contribution is 2.21. The summed E-state index contributed by atoms with van der Waals surface area (Å²) in [6, 6.07) is 12.0. The number of rotatable bonds is 7. The standard InChI is InChI=1S/C18H23NO3S/c1-4-5-12-22-17-8-10-18(11-9-17)23(20,21)19-16-7-6-14(2)15(3)13-16/h6-11,13,19H,4-5,12H2,1-3H3. The number of ether oxygens (including phenoxy) is 1. The first-order valence-corrected chi connectivity index (χ1v) is 9.23. The van der Waals surface area contributed by atoms with E-state index in [4.69, 9.17) is 4.74 Å². The van der Waals surface area contributed by atoms with Crippen molar-refractivity contribution >= 4 is 15.7 Å². The number of hydrogen-bond acceptors (Lipinski definition) is 3. The van der Waals surface area contributed by atoms with Crippen LogP contribution in [0.25, 0.3) is 0 Å². The van der Waals surface area contributed by atoms with Crippen molar-refractivity contribution in [2.24, 2.45) is 0 Å². The summed E-state index contributed by atoms with van der Waals surface area (Å²) in [7, 11) is -3.59. The molecule has 2 aromatic carbocycles. The summed E-state index contributed by atoms with van der Waals surface area (Å²) in [5.41, 5.74) is 2.74. The van der Waals surface area contributed by atoms with Gasteiger partial charge in [-0.05, 0) is 67.8 Å². The second-order valence-electron chi connectivity index (χ2n) is 5.58. The summed E-state index contributed by atoms with van der Waals surface area (Å²) in [5, 5.41) is 0. The maximum Gasteiger partial charge on any atom is 0.261 e. The van der Waals surface area contributed by atoms with Crippen LogP contribution in [0, 0.1) is 13.8 Å². The van der Waals surface area contributed by atoms with Gasteiger partial charge in [0.25, 0.3) is 10.0 Å². The lowest BCUT2D eigenvalue weighted by Gasteiger charge is -2.11. The van der Waals surface area contributed by atoms with Crippen LogP contribution in [0.2, 0.25) is 0 Å². The molecule has 0 spiro atoms. The Bertz CT molecular complexity index is 752. The van der Waals surface area contributed by atoms with Crippen LogP contribution in [0.3, 0.4) is 0 Å². The van der Waals surface area contributed by atoms with Gasteiger partial charge >= 0.3 is 0 Å². The molecule has 0 aromatic heterocycles. The maximum atomic E-state index is 12.4. The normalized spacial score (nSPS) is 11.3. The number of hydrogen-bond donors (Lipinski definition) is 1. The number of aryl methyl sites for hydroxylation is 2. The van der Waals surface area contributed by atoms with E-state index < -0.39 is 10.0 Å². The van der Waals surface area contributed by atoms with Crippen molar-refractivity contribution in [3.8, 4) is 5.75 Å². The minimum Gasteiger partial charge on any atom is -0.494 e. The minimum atomic E-state index is -3.59. The number of benzene rings is 2. The van der Waals surface area contributed by atoms with E-state index in [1.54, 1.807) is 30.3 Å². The zero-order valence-corrected chi connectivity index (χ0v) is 14.6. The predicted octanol–water partition coefficient (Wildman–Crippen LogP) is 4.28. The quantitative estimate of drug-likeness (QED) is 0.769. The van der Waals surface area contributed by atoms with Crippen LogP contribution in [-0.2, 0) is 10.0 Å². The van der Waals surface area contributed by atoms with Gasteiger partial charge in [0.1, 0.15) is 5.75 Å². The molecule has 0 aliphatic carbocycles. The largest absolute Gasteiger partial charge is 0.494 e. The summed E-state index contributed by atoms with van der Waals surface area (Å²) in [6.45, 7) is 6.68. The van der Waals surface area contributed by atoms with E-state index >= 15 is 0 Å². The van der Waals surface area contributed by atoms with Crippen LogP contribution >= 0.6 is 0 Å². The monoisotopic (exact) mass is 333 g/mol. The third-order valence-corrected chi connectivity index (χ3v) is 5.06. The molecule has 0 heterocycles. The molecule has 1 N–H and O–H groups in total. The van der Waals surface area contributed by atoms with Gasteiger partial charge in [-0.25, -0.2) is 8.42 Å². The molecular weight excluding hydrogens is 310 g/mol. The van der Waals surface area contributed by atoms with Gasteiger partial charge in [-0.1, -0.05) is 19.4 Å². The Labute approximate surface area is 138 Å². The van der Waals surface area contributed by atoms with Gasteiger partial charge < -0.3 is 4.74 Å². The molecule has 0 amide bonds. The summed E-state index contributed by atoms with van der Waals surface area (Å²) < 4.78 is 33.0. The summed E-state index contributed by atoms with van der Waals surface area (Å²) in [4.78, 5) is 0.221. The maximum absolute atomic E-state index is 12.4. The average molecular weight is 333 g/mol. The number of anilines is 1. The second-order valence-corrected chi connectivity index (χ2v) is 7.26. The lowest BCUT2D eigenvalue weighted by Crippen LogP contribution is -2.13. The highest BCUT2D eigenvalue weighted by atomic mass is 32.2. The predicted molar refractivity (Wildman–Crippen MR) is 93.6 cm³/mol. The summed E-state index contributed by atoms with van der Waals surface area (Å²) in [6.07, 6.45) is 2.04. The van der Waals surface area contributed by atoms with Crippen LogP contribution < -0.4 is 9.46 Å². The van der Waals surface area contributed by atoms with Crippen LogP contribution in [0.5, 0.6) is 5.75 Å². The fourth-order valence-electron chi connectivity index (χ4n) is 2.07. The van der Waals surface area contributed by atoms with Crippen molar-refractivity contribution in [2.75, 3.05) is 11.3 Å². The third kappa shape index (κ3) is 4.73. The fraction of sp³-hybridized carbons (Fsp3) is 0.333. The number of unbranched alkanes of at least 4 members (excludes halogenated alkanes) is 1. The van der Waals surface area contributed by atoms with E-state index in [-0.39, 0.29) is 4.90 Å². The van der Waals surface area contributed by atoms with Crippen molar-refractivity contribution < 1.29 is 13.2 Å². The Hall–Kier alpha value is -2.01. The topological polar surface area (TPSA) is 55.4 Å². The van der Waals surface area contributed by atoms with Gasteiger partial charge in [-0.3, -0.25) is 4.72 Å². The first kappa shape index (κ1) is 17.3. The minimum absolute atomic E-state index is 0.221. The fourth-order valence-corrected chi connectivity index (χ4v) is 3.12. The third-order valence-electron chi connectivity index (χ3n) is 3.66. The van der Waals surface area contributed by atoms with Gasteiger partial charge in [-0.2, -0.15) is 0 Å². The van der Waals surface area contributed by atoms with Crippen LogP contribution in [0.15, 0.2) is 47.4 Å². The van der Waals surface area contributed by atoms with E-state index in [0.717, 1.165) is 24.0 Å². The molecule has 0 bridgehead atoms. The SMILES string of the molecule is CCCCOc1ccc(S(=O)(=O)Nc2ccc(C)c(C)c2)cc1. The second kappa shape index (κ2) is 7.51. The molecule has 124 valence electrons. The molecule has 0 saturated heterocycles. The molecule has 4 nitrogen and oxygen atoms in total. The molecule has 0 radical (unpaired) electrons. The van der Waals surface area contributed by atoms with Crippen LogP contribution in [0.1, 0.15) is 30.9 Å². The van der Waals surface area contributed by atoms with Gasteiger partial charge in [-0.15, -0.1) is 0 Å². The van der Waals surface area contributed by atoms with Crippen molar-refractivity contribution in [1.82, 2.24) is 0 Å². The first-order valence-electron chi connectivity index (χ1n) is 7.75. The van der Waals surface area contributed by atoms with E-state index in [0.29, 0.717) is 18.0 Å². The molecule has 2 aromatic rings. The Morgan fingerprint density at radius 3 is 2.30 bits per heavy atom. The van der Waals surface area contributed by atoms with E-state index in [2.05, 4.69) is 11.6 Å². The van der Waals surface area contributed by atoms with Gasteiger partial charge in [0.15, 0.2) is 0 Å². The van der Waals surface area contributed by atoms with E-state index in [1.165, 1.54) is 0 Å². The van der Waals surface area contributed by atoms with Crippen LogP contribution in [0.4, 0.5) is 5.69 Å². The summed E-state index contributed by atoms with van der Waals surface area (Å²) >= 11 is 0. The van der Waals surface area contributed by atoms with E-state index in [1.807, 2.05) is 26.0 Å². The molecule has 23 heavy (non-hydrogen) atoms. The molecule has 5 heteroatoms. The van der Waals surface area contributed by atoms with Gasteiger partial charge in [0.05, 0.1) is 11.5 Å². The molecule has 0 unspecified atom stereocenters. The molecule has 0 aliphatic heterocycles. The van der Waals surface area contributed by atoms with Crippen molar-refractivity contribution in [2.45, 2.75) is 38.5 Å². The number of nitrogens with one attached hydrogen (secondary N) is 1. The molecule has 0 saturated carbocycles.